The van der Waals surface area contributed by atoms with E-state index in [0.29, 0.717) is 24.6 Å². The molecule has 3 aromatic rings. The quantitative estimate of drug-likeness (QED) is 0.263. The van der Waals surface area contributed by atoms with Crippen LogP contribution in [0.5, 0.6) is 0 Å². The van der Waals surface area contributed by atoms with Gasteiger partial charge in [-0.05, 0) is 36.2 Å². The van der Waals surface area contributed by atoms with Crippen LogP contribution in [0.25, 0.3) is 11.6 Å². The fraction of sp³-hybridized carbons (Fsp3) is 0.278. The molecule has 0 fully saturated rings. The number of guanidine groups is 1. The molecule has 0 saturated carbocycles. The second-order valence-corrected chi connectivity index (χ2v) is 6.08. The number of hydrogen-bond donors (Lipinski definition) is 3. The Hall–Kier alpha value is -2.07. The predicted molar refractivity (Wildman–Crippen MR) is 118 cm³/mol. The molecule has 0 unspecified atom stereocenters. The second kappa shape index (κ2) is 10.9. The maximum Gasteiger partial charge on any atom is 0.216 e. The Kier molecular flexibility index (Phi) is 8.59. The van der Waals surface area contributed by atoms with Crippen molar-refractivity contribution in [2.24, 2.45) is 4.99 Å². The first kappa shape index (κ1) is 21.2. The van der Waals surface area contributed by atoms with Gasteiger partial charge in [0, 0.05) is 31.6 Å². The van der Waals surface area contributed by atoms with E-state index >= 15 is 0 Å². The zero-order valence-electron chi connectivity index (χ0n) is 14.9. The molecule has 2 aromatic heterocycles. The Bertz CT molecular complexity index is 849. The molecule has 0 radical (unpaired) electrons. The molecule has 7 nitrogen and oxygen atoms in total. The van der Waals surface area contributed by atoms with E-state index in [1.165, 1.54) is 5.56 Å². The fourth-order valence-electron chi connectivity index (χ4n) is 2.46. The summed E-state index contributed by atoms with van der Waals surface area (Å²) in [6.45, 7) is 1.45. The van der Waals surface area contributed by atoms with E-state index in [1.54, 1.807) is 13.3 Å². The summed E-state index contributed by atoms with van der Waals surface area (Å²) in [5.41, 5.74) is 1.19. The smallest absolute Gasteiger partial charge is 0.216 e. The normalized spacial score (nSPS) is 11.1. The molecule has 0 aliphatic heterocycles. The van der Waals surface area contributed by atoms with E-state index in [-0.39, 0.29) is 24.0 Å². The summed E-state index contributed by atoms with van der Waals surface area (Å²) < 4.78 is 5.28. The molecule has 0 bridgehead atoms. The summed E-state index contributed by atoms with van der Waals surface area (Å²) in [5, 5.41) is 14.4. The van der Waals surface area contributed by atoms with Gasteiger partial charge in [0.15, 0.2) is 11.7 Å². The molecule has 0 aliphatic rings. The Morgan fingerprint density at radius 3 is 2.70 bits per heavy atom. The zero-order chi connectivity index (χ0) is 18.2. The minimum Gasteiger partial charge on any atom is -0.461 e. The molecular formula is C18H22ClIN6O. The molecule has 1 aromatic carbocycles. The van der Waals surface area contributed by atoms with E-state index in [0.717, 1.165) is 29.8 Å². The molecule has 3 rings (SSSR count). The highest BCUT2D eigenvalue weighted by Crippen LogP contribution is 2.14. The van der Waals surface area contributed by atoms with Crippen LogP contribution in [-0.4, -0.2) is 41.3 Å². The lowest BCUT2D eigenvalue weighted by atomic mass is 10.1. The molecule has 0 aliphatic carbocycles. The van der Waals surface area contributed by atoms with Gasteiger partial charge in [-0.2, -0.15) is 5.10 Å². The van der Waals surface area contributed by atoms with Crippen molar-refractivity contribution in [1.82, 2.24) is 25.8 Å². The van der Waals surface area contributed by atoms with Crippen molar-refractivity contribution in [3.05, 3.63) is 59.1 Å². The van der Waals surface area contributed by atoms with E-state index in [4.69, 9.17) is 16.0 Å². The molecule has 0 amide bonds. The number of furan rings is 1. The Balaban J connectivity index is 0.00000261. The van der Waals surface area contributed by atoms with Crippen molar-refractivity contribution in [1.29, 1.82) is 0 Å². The van der Waals surface area contributed by atoms with E-state index in [2.05, 4.69) is 36.9 Å². The molecule has 0 spiro atoms. The molecule has 144 valence electrons. The maximum atomic E-state index is 6.00. The van der Waals surface area contributed by atoms with Crippen LogP contribution in [-0.2, 0) is 12.8 Å². The van der Waals surface area contributed by atoms with Crippen LogP contribution >= 0.6 is 35.6 Å². The summed E-state index contributed by atoms with van der Waals surface area (Å²) in [5.74, 6) is 2.75. The Morgan fingerprint density at radius 1 is 1.19 bits per heavy atom. The summed E-state index contributed by atoms with van der Waals surface area (Å²) >= 11 is 6.00. The number of aromatic nitrogens is 3. The molecule has 0 saturated heterocycles. The molecular weight excluding hydrogens is 479 g/mol. The number of nitrogens with one attached hydrogen (secondary N) is 3. The maximum absolute atomic E-state index is 6.00. The first-order valence-corrected chi connectivity index (χ1v) is 8.76. The fourth-order valence-corrected chi connectivity index (χ4v) is 2.67. The standard InChI is InChI=1S/C18H21ClN6O.HI/c1-20-18(21-9-7-13-4-2-5-14(19)12-13)22-10-8-16-23-17(25-24-16)15-6-3-11-26-15;/h2-6,11-12H,7-10H2,1H3,(H2,20,21,22)(H,23,24,25);1H. The minimum absolute atomic E-state index is 0. The number of rotatable bonds is 7. The minimum atomic E-state index is 0. The molecule has 9 heteroatoms. The van der Waals surface area contributed by atoms with Gasteiger partial charge < -0.3 is 15.1 Å². The van der Waals surface area contributed by atoms with Crippen LogP contribution in [0.4, 0.5) is 0 Å². The number of aliphatic imine (C=N–C) groups is 1. The third-order valence-electron chi connectivity index (χ3n) is 3.75. The first-order valence-electron chi connectivity index (χ1n) is 8.38. The van der Waals surface area contributed by atoms with Crippen molar-refractivity contribution >= 4 is 41.5 Å². The van der Waals surface area contributed by atoms with Gasteiger partial charge >= 0.3 is 0 Å². The van der Waals surface area contributed by atoms with Crippen LogP contribution in [0.1, 0.15) is 11.4 Å². The Morgan fingerprint density at radius 2 is 2.00 bits per heavy atom. The van der Waals surface area contributed by atoms with Crippen molar-refractivity contribution in [2.45, 2.75) is 12.8 Å². The summed E-state index contributed by atoms with van der Waals surface area (Å²) in [6.07, 6.45) is 3.17. The average molecular weight is 501 g/mol. The van der Waals surface area contributed by atoms with Crippen LogP contribution in [0.15, 0.2) is 52.1 Å². The largest absolute Gasteiger partial charge is 0.461 e. The van der Waals surface area contributed by atoms with Gasteiger partial charge in [-0.25, -0.2) is 4.98 Å². The van der Waals surface area contributed by atoms with Crippen LogP contribution < -0.4 is 10.6 Å². The number of nitrogens with zero attached hydrogens (tertiary/aromatic N) is 3. The topological polar surface area (TPSA) is 91.1 Å². The van der Waals surface area contributed by atoms with Crippen LogP contribution in [0.3, 0.4) is 0 Å². The predicted octanol–water partition coefficient (Wildman–Crippen LogP) is 3.29. The molecule has 2 heterocycles. The van der Waals surface area contributed by atoms with Gasteiger partial charge in [0.25, 0.3) is 0 Å². The second-order valence-electron chi connectivity index (χ2n) is 5.64. The third kappa shape index (κ3) is 6.55. The molecule has 3 N–H and O–H groups in total. The van der Waals surface area contributed by atoms with Crippen molar-refractivity contribution in [2.75, 3.05) is 20.1 Å². The Labute approximate surface area is 180 Å². The highest BCUT2D eigenvalue weighted by molar-refractivity contribution is 14.0. The summed E-state index contributed by atoms with van der Waals surface area (Å²) in [4.78, 5) is 8.63. The van der Waals surface area contributed by atoms with Gasteiger partial charge in [-0.15, -0.1) is 24.0 Å². The van der Waals surface area contributed by atoms with Gasteiger partial charge in [-0.1, -0.05) is 23.7 Å². The highest BCUT2D eigenvalue weighted by atomic mass is 127. The average Bonchev–Trinajstić information content (AvgIpc) is 3.32. The lowest BCUT2D eigenvalue weighted by molar-refractivity contribution is 0.577. The van der Waals surface area contributed by atoms with Gasteiger partial charge in [0.1, 0.15) is 5.82 Å². The van der Waals surface area contributed by atoms with E-state index < -0.39 is 0 Å². The number of hydrogen-bond acceptors (Lipinski definition) is 4. The van der Waals surface area contributed by atoms with Gasteiger partial charge in [0.05, 0.1) is 6.26 Å². The summed E-state index contributed by atoms with van der Waals surface area (Å²) in [7, 11) is 1.75. The lowest BCUT2D eigenvalue weighted by Gasteiger charge is -2.11. The van der Waals surface area contributed by atoms with Crippen LogP contribution in [0.2, 0.25) is 5.02 Å². The molecule has 0 atom stereocenters. The number of benzene rings is 1. The summed E-state index contributed by atoms with van der Waals surface area (Å²) in [6, 6.07) is 11.5. The van der Waals surface area contributed by atoms with E-state index in [1.807, 2.05) is 30.3 Å². The zero-order valence-corrected chi connectivity index (χ0v) is 18.0. The number of H-pyrrole nitrogens is 1. The number of aromatic amines is 1. The lowest BCUT2D eigenvalue weighted by Crippen LogP contribution is -2.39. The van der Waals surface area contributed by atoms with Gasteiger partial charge in [-0.3, -0.25) is 10.1 Å². The van der Waals surface area contributed by atoms with Crippen molar-refractivity contribution < 1.29 is 4.42 Å². The monoisotopic (exact) mass is 500 g/mol. The van der Waals surface area contributed by atoms with Crippen molar-refractivity contribution in [3.63, 3.8) is 0 Å². The van der Waals surface area contributed by atoms with Gasteiger partial charge in [0.2, 0.25) is 5.82 Å². The van der Waals surface area contributed by atoms with E-state index in [9.17, 15) is 0 Å². The highest BCUT2D eigenvalue weighted by Gasteiger charge is 2.08. The molecule has 27 heavy (non-hydrogen) atoms. The van der Waals surface area contributed by atoms with Crippen molar-refractivity contribution in [3.8, 4) is 11.6 Å². The number of halogens is 2. The van der Waals surface area contributed by atoms with Crippen LogP contribution in [0, 0.1) is 0 Å². The SMILES string of the molecule is CN=C(NCCc1cccc(Cl)c1)NCCc1nc(-c2ccco2)n[nH]1.I. The first-order chi connectivity index (χ1) is 12.7. The third-order valence-corrected chi connectivity index (χ3v) is 3.98.